The minimum absolute atomic E-state index is 0.158. The van der Waals surface area contributed by atoms with Gasteiger partial charge in [0.05, 0.1) is 18.9 Å². The zero-order valence-corrected chi connectivity index (χ0v) is 17.7. The maximum absolute atomic E-state index is 13.0. The van der Waals surface area contributed by atoms with Gasteiger partial charge in [-0.05, 0) is 54.9 Å². The topological polar surface area (TPSA) is 77.8 Å². The van der Waals surface area contributed by atoms with Crippen LogP contribution in [-0.4, -0.2) is 35.0 Å². The predicted octanol–water partition coefficient (Wildman–Crippen LogP) is 4.32. The molecule has 0 saturated carbocycles. The lowest BCUT2D eigenvalue weighted by atomic mass is 9.92. The zero-order valence-electron chi connectivity index (χ0n) is 17.0. The van der Waals surface area contributed by atoms with Crippen molar-refractivity contribution in [3.8, 4) is 16.9 Å². The molecule has 30 heavy (non-hydrogen) atoms. The van der Waals surface area contributed by atoms with Gasteiger partial charge in [-0.2, -0.15) is 0 Å². The van der Waals surface area contributed by atoms with Crippen molar-refractivity contribution < 1.29 is 19.4 Å². The van der Waals surface area contributed by atoms with Crippen LogP contribution in [0.25, 0.3) is 11.1 Å². The Kier molecular flexibility index (Phi) is 6.16. The molecule has 0 amide bonds. The summed E-state index contributed by atoms with van der Waals surface area (Å²) in [5.74, 6) is -0.279. The summed E-state index contributed by atoms with van der Waals surface area (Å²) in [6, 6.07) is 6.14. The van der Waals surface area contributed by atoms with Gasteiger partial charge in [0.25, 0.3) is 5.56 Å². The smallest absolute Gasteiger partial charge is 0.326 e. The lowest BCUT2D eigenvalue weighted by molar-refractivity contribution is -0.142. The largest absolute Gasteiger partial charge is 0.491 e. The summed E-state index contributed by atoms with van der Waals surface area (Å²) in [7, 11) is 0. The fourth-order valence-corrected chi connectivity index (χ4v) is 4.49. The van der Waals surface area contributed by atoms with E-state index in [9.17, 15) is 14.7 Å². The third kappa shape index (κ3) is 4.40. The third-order valence-electron chi connectivity index (χ3n) is 5.88. The van der Waals surface area contributed by atoms with Gasteiger partial charge >= 0.3 is 5.97 Å². The zero-order chi connectivity index (χ0) is 21.3. The average Bonchev–Trinajstić information content (AvgIpc) is 2.72. The summed E-state index contributed by atoms with van der Waals surface area (Å²) in [6.07, 6.45) is 5.26. The maximum Gasteiger partial charge on any atom is 0.326 e. The van der Waals surface area contributed by atoms with Gasteiger partial charge in [-0.3, -0.25) is 9.36 Å². The Labute approximate surface area is 180 Å². The Morgan fingerprint density at radius 2 is 2.13 bits per heavy atom. The number of fused-ring (bicyclic) bond motifs is 3. The number of aromatic nitrogens is 1. The molecule has 2 aliphatic heterocycles. The summed E-state index contributed by atoms with van der Waals surface area (Å²) in [6.45, 7) is 3.21. The molecule has 1 fully saturated rings. The van der Waals surface area contributed by atoms with Crippen molar-refractivity contribution in [1.29, 1.82) is 0 Å². The van der Waals surface area contributed by atoms with E-state index < -0.39 is 12.0 Å². The van der Waals surface area contributed by atoms with Crippen LogP contribution in [0, 0.1) is 5.92 Å². The number of benzene rings is 1. The Balaban J connectivity index is 1.77. The molecule has 1 aromatic carbocycles. The van der Waals surface area contributed by atoms with Crippen molar-refractivity contribution in [3.05, 3.63) is 51.4 Å². The quantitative estimate of drug-likeness (QED) is 0.779. The van der Waals surface area contributed by atoms with Crippen LogP contribution in [0.5, 0.6) is 5.75 Å². The van der Waals surface area contributed by atoms with Gasteiger partial charge in [0.15, 0.2) is 0 Å². The van der Waals surface area contributed by atoms with E-state index in [1.165, 1.54) is 10.6 Å². The molecule has 1 aromatic heterocycles. The lowest BCUT2D eigenvalue weighted by Crippen LogP contribution is -2.34. The SMILES string of the molecule is CC1COc2cn(C(C[C@@H]3CCCCO3)C(=O)O)c(=O)cc2-c2cc(Cl)ccc2C1. The molecular weight excluding hydrogens is 406 g/mol. The van der Waals surface area contributed by atoms with E-state index in [-0.39, 0.29) is 24.0 Å². The molecule has 3 heterocycles. The number of nitrogens with zero attached hydrogens (tertiary/aromatic N) is 1. The Morgan fingerprint density at radius 1 is 1.30 bits per heavy atom. The minimum atomic E-state index is -1.05. The molecule has 2 aromatic rings. The van der Waals surface area contributed by atoms with Crippen LogP contribution in [0.3, 0.4) is 0 Å². The molecule has 0 bridgehead atoms. The molecular formula is C23H26ClNO5. The Morgan fingerprint density at radius 3 is 2.87 bits per heavy atom. The summed E-state index contributed by atoms with van der Waals surface area (Å²) in [4.78, 5) is 25.0. The summed E-state index contributed by atoms with van der Waals surface area (Å²) >= 11 is 6.23. The van der Waals surface area contributed by atoms with E-state index in [0.717, 1.165) is 36.8 Å². The van der Waals surface area contributed by atoms with Crippen LogP contribution >= 0.6 is 11.6 Å². The van der Waals surface area contributed by atoms with Crippen molar-refractivity contribution in [2.24, 2.45) is 5.92 Å². The van der Waals surface area contributed by atoms with Gasteiger partial charge in [0.1, 0.15) is 11.8 Å². The minimum Gasteiger partial charge on any atom is -0.491 e. The van der Waals surface area contributed by atoms with Crippen LogP contribution in [0.15, 0.2) is 35.3 Å². The molecule has 4 rings (SSSR count). The van der Waals surface area contributed by atoms with Crippen LogP contribution in [0.1, 0.15) is 44.2 Å². The molecule has 3 atom stereocenters. The van der Waals surface area contributed by atoms with E-state index in [2.05, 4.69) is 6.92 Å². The van der Waals surface area contributed by atoms with Crippen molar-refractivity contribution in [2.75, 3.05) is 13.2 Å². The van der Waals surface area contributed by atoms with E-state index in [1.54, 1.807) is 6.20 Å². The van der Waals surface area contributed by atoms with Gasteiger partial charge in [-0.25, -0.2) is 4.79 Å². The molecule has 2 unspecified atom stereocenters. The summed E-state index contributed by atoms with van der Waals surface area (Å²) in [5.41, 5.74) is 2.23. The number of hydrogen-bond donors (Lipinski definition) is 1. The highest BCUT2D eigenvalue weighted by molar-refractivity contribution is 6.30. The van der Waals surface area contributed by atoms with Crippen molar-refractivity contribution in [2.45, 2.75) is 51.2 Å². The fraction of sp³-hybridized carbons (Fsp3) is 0.478. The average molecular weight is 432 g/mol. The second-order valence-corrected chi connectivity index (χ2v) is 8.73. The number of carboxylic acids is 1. The first-order chi connectivity index (χ1) is 14.4. The second kappa shape index (κ2) is 8.82. The van der Waals surface area contributed by atoms with Crippen LogP contribution < -0.4 is 10.3 Å². The van der Waals surface area contributed by atoms with E-state index in [0.29, 0.717) is 29.5 Å². The first-order valence-electron chi connectivity index (χ1n) is 10.4. The number of pyridine rings is 1. The Hall–Kier alpha value is -2.31. The molecule has 7 heteroatoms. The van der Waals surface area contributed by atoms with E-state index in [4.69, 9.17) is 21.1 Å². The first-order valence-corrected chi connectivity index (χ1v) is 10.8. The highest BCUT2D eigenvalue weighted by atomic mass is 35.5. The molecule has 2 aliphatic rings. The molecule has 1 N–H and O–H groups in total. The summed E-state index contributed by atoms with van der Waals surface area (Å²) < 4.78 is 13.0. The molecule has 0 aliphatic carbocycles. The van der Waals surface area contributed by atoms with Gasteiger partial charge in [0.2, 0.25) is 0 Å². The van der Waals surface area contributed by atoms with Gasteiger partial charge in [-0.1, -0.05) is 24.6 Å². The second-order valence-electron chi connectivity index (χ2n) is 8.30. The molecule has 6 nitrogen and oxygen atoms in total. The standard InChI is InChI=1S/C23H26ClNO5/c1-14-8-15-5-6-16(24)9-18(15)19-11-22(26)25(12-21(19)30-13-14)20(23(27)28)10-17-4-2-3-7-29-17/h5-6,9,11-12,14,17,20H,2-4,7-8,10,13H2,1H3,(H,27,28)/t14?,17-,20?/m0/s1. The van der Waals surface area contributed by atoms with Crippen LogP contribution in [0.2, 0.25) is 5.02 Å². The lowest BCUT2D eigenvalue weighted by Gasteiger charge is -2.27. The highest BCUT2D eigenvalue weighted by Gasteiger charge is 2.29. The number of ether oxygens (including phenoxy) is 2. The number of carbonyl (C=O) groups is 1. The number of hydrogen-bond acceptors (Lipinski definition) is 4. The number of aliphatic carboxylic acids is 1. The van der Waals surface area contributed by atoms with Gasteiger partial charge in [0, 0.05) is 29.7 Å². The number of carboxylic acid groups (broad SMARTS) is 1. The molecule has 0 radical (unpaired) electrons. The number of rotatable bonds is 4. The van der Waals surface area contributed by atoms with E-state index in [1.807, 2.05) is 18.2 Å². The van der Waals surface area contributed by atoms with Crippen molar-refractivity contribution in [3.63, 3.8) is 0 Å². The molecule has 160 valence electrons. The molecule has 1 saturated heterocycles. The monoisotopic (exact) mass is 431 g/mol. The van der Waals surface area contributed by atoms with Gasteiger partial charge in [-0.15, -0.1) is 0 Å². The fourth-order valence-electron chi connectivity index (χ4n) is 4.32. The number of halogens is 1. The molecule has 0 spiro atoms. The summed E-state index contributed by atoms with van der Waals surface area (Å²) in [5, 5.41) is 10.4. The van der Waals surface area contributed by atoms with Gasteiger partial charge < -0.3 is 14.6 Å². The van der Waals surface area contributed by atoms with Crippen molar-refractivity contribution >= 4 is 17.6 Å². The first kappa shape index (κ1) is 20.9. The van der Waals surface area contributed by atoms with Crippen LogP contribution in [-0.2, 0) is 16.0 Å². The normalized spacial score (nSPS) is 22.1. The maximum atomic E-state index is 13.0. The Bertz CT molecular complexity index is 996. The van der Waals surface area contributed by atoms with Crippen LogP contribution in [0.4, 0.5) is 0 Å². The predicted molar refractivity (Wildman–Crippen MR) is 114 cm³/mol. The highest BCUT2D eigenvalue weighted by Crippen LogP contribution is 2.37. The van der Waals surface area contributed by atoms with E-state index >= 15 is 0 Å². The third-order valence-corrected chi connectivity index (χ3v) is 6.11. The van der Waals surface area contributed by atoms with Crippen molar-refractivity contribution in [1.82, 2.24) is 4.57 Å².